The van der Waals surface area contributed by atoms with Crippen molar-refractivity contribution in [3.05, 3.63) is 34.9 Å². The third kappa shape index (κ3) is 3.18. The van der Waals surface area contributed by atoms with Gasteiger partial charge < -0.3 is 10.6 Å². The number of rotatable bonds is 4. The van der Waals surface area contributed by atoms with E-state index in [9.17, 15) is 0 Å². The number of hydrogen-bond acceptors (Lipinski definition) is 3. The maximum atomic E-state index is 5.94. The van der Waals surface area contributed by atoms with Crippen LogP contribution >= 0.6 is 11.6 Å². The molecule has 0 radical (unpaired) electrons. The quantitative estimate of drug-likeness (QED) is 0.804. The Morgan fingerprint density at radius 1 is 1.47 bits per heavy atom. The third-order valence-corrected chi connectivity index (χ3v) is 2.60. The molecule has 1 rings (SSSR count). The van der Waals surface area contributed by atoms with Crippen molar-refractivity contribution in [1.29, 1.82) is 0 Å². The number of nitrogens with two attached hydrogens (primary N) is 1. The van der Waals surface area contributed by atoms with E-state index in [0.29, 0.717) is 5.02 Å². The van der Waals surface area contributed by atoms with Gasteiger partial charge in [-0.15, -0.1) is 0 Å². The fourth-order valence-corrected chi connectivity index (χ4v) is 1.85. The third-order valence-electron chi connectivity index (χ3n) is 2.37. The molecule has 2 N–H and O–H groups in total. The van der Waals surface area contributed by atoms with Gasteiger partial charge in [0.1, 0.15) is 0 Å². The predicted octanol–water partition coefficient (Wildman–Crippen LogP) is 2.22. The fourth-order valence-electron chi connectivity index (χ4n) is 1.65. The molecule has 0 fully saturated rings. The summed E-state index contributed by atoms with van der Waals surface area (Å²) < 4.78 is 0. The minimum atomic E-state index is -0.0339. The molecule has 3 nitrogen and oxygen atoms in total. The summed E-state index contributed by atoms with van der Waals surface area (Å²) in [5.41, 5.74) is 6.99. The number of benzene rings is 1. The second-order valence-electron chi connectivity index (χ2n) is 3.59. The van der Waals surface area contributed by atoms with Crippen molar-refractivity contribution in [2.75, 3.05) is 14.2 Å². The molecular weight excluding hydrogens is 212 g/mol. The molecule has 0 heterocycles. The van der Waals surface area contributed by atoms with Crippen LogP contribution in [0.1, 0.15) is 18.5 Å². The largest absolute Gasteiger partial charge is 0.326 e. The van der Waals surface area contributed by atoms with Crippen molar-refractivity contribution < 1.29 is 4.84 Å². The van der Waals surface area contributed by atoms with Gasteiger partial charge in [-0.3, -0.25) is 0 Å². The summed E-state index contributed by atoms with van der Waals surface area (Å²) in [6.07, 6.45) is 0. The van der Waals surface area contributed by atoms with Gasteiger partial charge >= 0.3 is 0 Å². The Morgan fingerprint density at radius 3 is 2.60 bits per heavy atom. The van der Waals surface area contributed by atoms with Crippen molar-refractivity contribution >= 4 is 11.6 Å². The van der Waals surface area contributed by atoms with Crippen molar-refractivity contribution in [3.8, 4) is 0 Å². The van der Waals surface area contributed by atoms with E-state index in [0.717, 1.165) is 5.56 Å². The first-order valence-corrected chi connectivity index (χ1v) is 5.22. The Morgan fingerprint density at radius 2 is 2.13 bits per heavy atom. The van der Waals surface area contributed by atoms with Crippen LogP contribution in [0, 0.1) is 0 Å². The minimum absolute atomic E-state index is 0.00806. The average molecular weight is 229 g/mol. The van der Waals surface area contributed by atoms with Crippen molar-refractivity contribution in [2.24, 2.45) is 5.73 Å². The lowest BCUT2D eigenvalue weighted by Crippen LogP contribution is -2.36. The summed E-state index contributed by atoms with van der Waals surface area (Å²) in [7, 11) is 3.48. The van der Waals surface area contributed by atoms with Crippen LogP contribution in [0.3, 0.4) is 0 Å². The van der Waals surface area contributed by atoms with E-state index in [1.54, 1.807) is 12.2 Å². The molecule has 0 amide bonds. The summed E-state index contributed by atoms with van der Waals surface area (Å²) >= 11 is 5.94. The first-order valence-electron chi connectivity index (χ1n) is 4.84. The van der Waals surface area contributed by atoms with Crippen molar-refractivity contribution in [2.45, 2.75) is 19.0 Å². The maximum absolute atomic E-state index is 5.94. The molecule has 1 aromatic rings. The Balaban J connectivity index is 2.99. The molecule has 0 saturated carbocycles. The molecule has 15 heavy (non-hydrogen) atoms. The normalized spacial score (nSPS) is 15.3. The lowest BCUT2D eigenvalue weighted by Gasteiger charge is -2.29. The SMILES string of the molecule is CON(C)C(c1cccc(Cl)c1)C(C)N. The maximum Gasteiger partial charge on any atom is 0.0747 e. The highest BCUT2D eigenvalue weighted by Gasteiger charge is 2.21. The summed E-state index contributed by atoms with van der Waals surface area (Å²) in [5.74, 6) is 0. The van der Waals surface area contributed by atoms with Crippen LogP contribution in [0.25, 0.3) is 0 Å². The lowest BCUT2D eigenvalue weighted by molar-refractivity contribution is -0.146. The average Bonchev–Trinajstić information content (AvgIpc) is 2.17. The van der Waals surface area contributed by atoms with Crippen LogP contribution in [-0.4, -0.2) is 25.3 Å². The first kappa shape index (κ1) is 12.5. The van der Waals surface area contributed by atoms with Crippen LogP contribution in [0.2, 0.25) is 5.02 Å². The highest BCUT2D eigenvalue weighted by molar-refractivity contribution is 6.30. The van der Waals surface area contributed by atoms with Gasteiger partial charge in [-0.25, -0.2) is 0 Å². The molecule has 4 heteroatoms. The highest BCUT2D eigenvalue weighted by atomic mass is 35.5. The molecular formula is C11H17ClN2O. The Labute approximate surface area is 95.7 Å². The van der Waals surface area contributed by atoms with Gasteiger partial charge in [-0.1, -0.05) is 23.7 Å². The fraction of sp³-hybridized carbons (Fsp3) is 0.455. The molecule has 0 bridgehead atoms. The van der Waals surface area contributed by atoms with Gasteiger partial charge in [0, 0.05) is 18.1 Å². The summed E-state index contributed by atoms with van der Waals surface area (Å²) in [5, 5.41) is 2.44. The van der Waals surface area contributed by atoms with Crippen molar-refractivity contribution in [3.63, 3.8) is 0 Å². The van der Waals surface area contributed by atoms with Gasteiger partial charge in [-0.05, 0) is 24.6 Å². The Bertz CT molecular complexity index is 317. The van der Waals surface area contributed by atoms with E-state index in [1.165, 1.54) is 0 Å². The van der Waals surface area contributed by atoms with Crippen LogP contribution in [0.15, 0.2) is 24.3 Å². The van der Waals surface area contributed by atoms with Gasteiger partial charge in [0.05, 0.1) is 13.2 Å². The zero-order chi connectivity index (χ0) is 11.4. The number of halogens is 1. The van der Waals surface area contributed by atoms with Crippen LogP contribution in [-0.2, 0) is 4.84 Å². The monoisotopic (exact) mass is 228 g/mol. The highest BCUT2D eigenvalue weighted by Crippen LogP contribution is 2.24. The molecule has 0 spiro atoms. The Hall–Kier alpha value is -0.610. The smallest absolute Gasteiger partial charge is 0.0747 e. The molecule has 0 saturated heterocycles. The van der Waals surface area contributed by atoms with Crippen molar-refractivity contribution in [1.82, 2.24) is 5.06 Å². The van der Waals surface area contributed by atoms with Crippen LogP contribution in [0.4, 0.5) is 0 Å². The first-order chi connectivity index (χ1) is 7.06. The zero-order valence-electron chi connectivity index (χ0n) is 9.27. The van der Waals surface area contributed by atoms with E-state index < -0.39 is 0 Å². The van der Waals surface area contributed by atoms with Gasteiger partial charge in [-0.2, -0.15) is 5.06 Å². The second-order valence-corrected chi connectivity index (χ2v) is 4.02. The number of likely N-dealkylation sites (N-methyl/N-ethyl adjacent to an activating group) is 1. The molecule has 0 aliphatic rings. The van der Waals surface area contributed by atoms with Gasteiger partial charge in [0.2, 0.25) is 0 Å². The van der Waals surface area contributed by atoms with Crippen LogP contribution in [0.5, 0.6) is 0 Å². The molecule has 0 aliphatic carbocycles. The standard InChI is InChI=1S/C11H17ClN2O/c1-8(13)11(14(2)15-3)9-5-4-6-10(12)7-9/h4-8,11H,13H2,1-3H3. The molecule has 2 unspecified atom stereocenters. The van der Waals surface area contributed by atoms with E-state index in [1.807, 2.05) is 38.2 Å². The van der Waals surface area contributed by atoms with Gasteiger partial charge in [0.15, 0.2) is 0 Å². The molecule has 0 aliphatic heterocycles. The summed E-state index contributed by atoms with van der Waals surface area (Å²) in [6.45, 7) is 1.95. The van der Waals surface area contributed by atoms with E-state index in [4.69, 9.17) is 22.2 Å². The molecule has 84 valence electrons. The summed E-state index contributed by atoms with van der Waals surface area (Å²) in [4.78, 5) is 5.18. The molecule has 0 aromatic heterocycles. The molecule has 1 aromatic carbocycles. The predicted molar refractivity (Wildman–Crippen MR) is 62.6 cm³/mol. The zero-order valence-corrected chi connectivity index (χ0v) is 10.0. The lowest BCUT2D eigenvalue weighted by atomic mass is 10.0. The van der Waals surface area contributed by atoms with E-state index in [-0.39, 0.29) is 12.1 Å². The topological polar surface area (TPSA) is 38.5 Å². The number of hydrogen-bond donors (Lipinski definition) is 1. The van der Waals surface area contributed by atoms with Gasteiger partial charge in [0.25, 0.3) is 0 Å². The number of nitrogens with zero attached hydrogens (tertiary/aromatic N) is 1. The minimum Gasteiger partial charge on any atom is -0.326 e. The second kappa shape index (κ2) is 5.47. The van der Waals surface area contributed by atoms with E-state index in [2.05, 4.69) is 0 Å². The Kier molecular flexibility index (Phi) is 4.54. The summed E-state index contributed by atoms with van der Waals surface area (Å²) in [6, 6.07) is 7.63. The number of hydroxylamine groups is 2. The van der Waals surface area contributed by atoms with Crippen LogP contribution < -0.4 is 5.73 Å². The van der Waals surface area contributed by atoms with E-state index >= 15 is 0 Å². The molecule has 2 atom stereocenters.